The lowest BCUT2D eigenvalue weighted by Gasteiger charge is -2.22. The molecule has 0 atom stereocenters. The van der Waals surface area contributed by atoms with E-state index in [0.29, 0.717) is 18.7 Å². The zero-order valence-electron chi connectivity index (χ0n) is 11.9. The first kappa shape index (κ1) is 16.7. The molecule has 1 rings (SSSR count). The molecular formula is C15H20BrNO3. The molecule has 110 valence electrons. The van der Waals surface area contributed by atoms with Gasteiger partial charge in [0.2, 0.25) is 0 Å². The summed E-state index contributed by atoms with van der Waals surface area (Å²) >= 11 is 3.36. The summed E-state index contributed by atoms with van der Waals surface area (Å²) in [6.07, 6.45) is 2.14. The van der Waals surface area contributed by atoms with Crippen LogP contribution in [0.3, 0.4) is 0 Å². The Kier molecular flexibility index (Phi) is 7.30. The Balaban J connectivity index is 2.75. The SMILES string of the molecule is CCCCN(CCC(=O)OC)C(=O)c1cccc(Br)c1. The summed E-state index contributed by atoms with van der Waals surface area (Å²) in [6, 6.07) is 7.28. The molecular weight excluding hydrogens is 322 g/mol. The molecule has 4 nitrogen and oxygen atoms in total. The fourth-order valence-electron chi connectivity index (χ4n) is 1.80. The average Bonchev–Trinajstić information content (AvgIpc) is 2.46. The summed E-state index contributed by atoms with van der Waals surface area (Å²) in [7, 11) is 1.36. The van der Waals surface area contributed by atoms with Gasteiger partial charge in [0, 0.05) is 23.1 Å². The van der Waals surface area contributed by atoms with E-state index in [1.54, 1.807) is 17.0 Å². The van der Waals surface area contributed by atoms with Crippen LogP contribution in [0.2, 0.25) is 0 Å². The molecule has 0 fully saturated rings. The number of unbranched alkanes of at least 4 members (excludes halogenated alkanes) is 1. The van der Waals surface area contributed by atoms with E-state index in [4.69, 9.17) is 0 Å². The number of nitrogens with zero attached hydrogens (tertiary/aromatic N) is 1. The van der Waals surface area contributed by atoms with Crippen molar-refractivity contribution in [1.29, 1.82) is 0 Å². The number of hydrogen-bond donors (Lipinski definition) is 0. The van der Waals surface area contributed by atoms with Crippen LogP contribution in [-0.2, 0) is 9.53 Å². The lowest BCUT2D eigenvalue weighted by atomic mass is 10.2. The van der Waals surface area contributed by atoms with Crippen LogP contribution in [-0.4, -0.2) is 37.0 Å². The molecule has 0 saturated carbocycles. The molecule has 0 saturated heterocycles. The molecule has 0 aliphatic heterocycles. The summed E-state index contributed by atoms with van der Waals surface area (Å²) in [5.74, 6) is -0.350. The van der Waals surface area contributed by atoms with Crippen LogP contribution in [0.1, 0.15) is 36.5 Å². The fraction of sp³-hybridized carbons (Fsp3) is 0.467. The van der Waals surface area contributed by atoms with Gasteiger partial charge in [-0.25, -0.2) is 0 Å². The number of halogens is 1. The predicted octanol–water partition coefficient (Wildman–Crippen LogP) is 3.25. The van der Waals surface area contributed by atoms with Crippen molar-refractivity contribution in [3.63, 3.8) is 0 Å². The van der Waals surface area contributed by atoms with Gasteiger partial charge in [0.1, 0.15) is 0 Å². The van der Waals surface area contributed by atoms with E-state index in [-0.39, 0.29) is 18.3 Å². The van der Waals surface area contributed by atoms with Gasteiger partial charge >= 0.3 is 5.97 Å². The third kappa shape index (κ3) is 5.33. The molecule has 1 aromatic carbocycles. The maximum absolute atomic E-state index is 12.5. The first-order valence-electron chi connectivity index (χ1n) is 6.70. The number of esters is 1. The number of rotatable bonds is 7. The Morgan fingerprint density at radius 1 is 1.30 bits per heavy atom. The molecule has 0 aliphatic rings. The number of carbonyl (C=O) groups excluding carboxylic acids is 2. The summed E-state index contributed by atoms with van der Waals surface area (Å²) < 4.78 is 5.49. The van der Waals surface area contributed by atoms with Gasteiger partial charge in [0.15, 0.2) is 0 Å². The van der Waals surface area contributed by atoms with E-state index in [0.717, 1.165) is 17.3 Å². The summed E-state index contributed by atoms with van der Waals surface area (Å²) in [5, 5.41) is 0. The Bertz CT molecular complexity index is 462. The van der Waals surface area contributed by atoms with Gasteiger partial charge in [-0.1, -0.05) is 35.3 Å². The summed E-state index contributed by atoms with van der Waals surface area (Å²) in [4.78, 5) is 25.4. The molecule has 1 amide bonds. The number of amides is 1. The van der Waals surface area contributed by atoms with Gasteiger partial charge in [-0.2, -0.15) is 0 Å². The fourth-order valence-corrected chi connectivity index (χ4v) is 2.20. The zero-order valence-corrected chi connectivity index (χ0v) is 13.5. The van der Waals surface area contributed by atoms with Gasteiger partial charge in [0.25, 0.3) is 5.91 Å². The van der Waals surface area contributed by atoms with Crippen LogP contribution in [0.5, 0.6) is 0 Å². The molecule has 1 aromatic rings. The Morgan fingerprint density at radius 3 is 2.65 bits per heavy atom. The molecule has 20 heavy (non-hydrogen) atoms. The second kappa shape index (κ2) is 8.74. The lowest BCUT2D eigenvalue weighted by molar-refractivity contribution is -0.140. The van der Waals surface area contributed by atoms with Crippen LogP contribution < -0.4 is 0 Å². The molecule has 0 heterocycles. The van der Waals surface area contributed by atoms with Crippen molar-refractivity contribution >= 4 is 27.8 Å². The predicted molar refractivity (Wildman–Crippen MR) is 81.6 cm³/mol. The zero-order chi connectivity index (χ0) is 15.0. The Morgan fingerprint density at radius 2 is 2.05 bits per heavy atom. The maximum Gasteiger partial charge on any atom is 0.307 e. The minimum atomic E-state index is -0.298. The van der Waals surface area contributed by atoms with E-state index >= 15 is 0 Å². The minimum Gasteiger partial charge on any atom is -0.469 e. The number of benzene rings is 1. The summed E-state index contributed by atoms with van der Waals surface area (Å²) in [6.45, 7) is 3.11. The molecule has 5 heteroatoms. The monoisotopic (exact) mass is 341 g/mol. The van der Waals surface area contributed by atoms with E-state index in [9.17, 15) is 9.59 Å². The molecule has 0 radical (unpaired) electrons. The Labute approximate surface area is 128 Å². The largest absolute Gasteiger partial charge is 0.469 e. The van der Waals surface area contributed by atoms with Crippen molar-refractivity contribution in [2.75, 3.05) is 20.2 Å². The van der Waals surface area contributed by atoms with Gasteiger partial charge in [0.05, 0.1) is 13.5 Å². The van der Waals surface area contributed by atoms with Crippen molar-refractivity contribution in [3.05, 3.63) is 34.3 Å². The minimum absolute atomic E-state index is 0.0522. The van der Waals surface area contributed by atoms with Crippen LogP contribution in [0.25, 0.3) is 0 Å². The van der Waals surface area contributed by atoms with E-state index in [1.165, 1.54) is 7.11 Å². The molecule has 0 N–H and O–H groups in total. The third-order valence-electron chi connectivity index (χ3n) is 2.95. The third-order valence-corrected chi connectivity index (χ3v) is 3.45. The molecule has 0 bridgehead atoms. The highest BCUT2D eigenvalue weighted by Crippen LogP contribution is 2.14. The van der Waals surface area contributed by atoms with E-state index in [2.05, 4.69) is 27.6 Å². The highest BCUT2D eigenvalue weighted by Gasteiger charge is 2.16. The average molecular weight is 342 g/mol. The summed E-state index contributed by atoms with van der Waals surface area (Å²) in [5.41, 5.74) is 0.625. The van der Waals surface area contributed by atoms with Gasteiger partial charge in [-0.15, -0.1) is 0 Å². The van der Waals surface area contributed by atoms with Crippen molar-refractivity contribution in [1.82, 2.24) is 4.90 Å². The van der Waals surface area contributed by atoms with Crippen molar-refractivity contribution < 1.29 is 14.3 Å². The number of carbonyl (C=O) groups is 2. The van der Waals surface area contributed by atoms with Crippen molar-refractivity contribution in [3.8, 4) is 0 Å². The highest BCUT2D eigenvalue weighted by molar-refractivity contribution is 9.10. The van der Waals surface area contributed by atoms with Crippen LogP contribution in [0, 0.1) is 0 Å². The number of ether oxygens (including phenoxy) is 1. The van der Waals surface area contributed by atoms with Crippen LogP contribution in [0.4, 0.5) is 0 Å². The topological polar surface area (TPSA) is 46.6 Å². The van der Waals surface area contributed by atoms with Gasteiger partial charge < -0.3 is 9.64 Å². The van der Waals surface area contributed by atoms with Crippen LogP contribution in [0.15, 0.2) is 28.7 Å². The standard InChI is InChI=1S/C15H20BrNO3/c1-3-4-9-17(10-8-14(18)20-2)15(19)12-6-5-7-13(16)11-12/h5-7,11H,3-4,8-10H2,1-2H3. The van der Waals surface area contributed by atoms with Crippen molar-refractivity contribution in [2.45, 2.75) is 26.2 Å². The highest BCUT2D eigenvalue weighted by atomic mass is 79.9. The number of methoxy groups -OCH3 is 1. The second-order valence-electron chi connectivity index (χ2n) is 4.48. The van der Waals surface area contributed by atoms with Gasteiger partial charge in [-0.3, -0.25) is 9.59 Å². The number of hydrogen-bond acceptors (Lipinski definition) is 3. The van der Waals surface area contributed by atoms with Crippen molar-refractivity contribution in [2.24, 2.45) is 0 Å². The van der Waals surface area contributed by atoms with E-state index < -0.39 is 0 Å². The maximum atomic E-state index is 12.5. The first-order chi connectivity index (χ1) is 9.58. The van der Waals surface area contributed by atoms with E-state index in [1.807, 2.05) is 12.1 Å². The van der Waals surface area contributed by atoms with Gasteiger partial charge in [-0.05, 0) is 24.6 Å². The molecule has 0 aromatic heterocycles. The normalized spacial score (nSPS) is 10.2. The molecule has 0 aliphatic carbocycles. The molecule has 0 unspecified atom stereocenters. The lowest BCUT2D eigenvalue weighted by Crippen LogP contribution is -2.34. The molecule has 0 spiro atoms. The van der Waals surface area contributed by atoms with Crippen LogP contribution >= 0.6 is 15.9 Å². The smallest absolute Gasteiger partial charge is 0.307 e. The first-order valence-corrected chi connectivity index (χ1v) is 7.49. The Hall–Kier alpha value is -1.36. The quantitative estimate of drug-likeness (QED) is 0.715. The second-order valence-corrected chi connectivity index (χ2v) is 5.40.